The van der Waals surface area contributed by atoms with E-state index in [4.69, 9.17) is 4.74 Å². The van der Waals surface area contributed by atoms with Crippen LogP contribution < -0.4 is 5.32 Å². The number of fused-ring (bicyclic) bond motifs is 1. The van der Waals surface area contributed by atoms with E-state index in [1.165, 1.54) is 10.9 Å². The van der Waals surface area contributed by atoms with Crippen LogP contribution in [0.15, 0.2) is 30.5 Å². The summed E-state index contributed by atoms with van der Waals surface area (Å²) in [5.74, 6) is -0.0737. The molecule has 0 saturated carbocycles. The molecule has 0 aliphatic rings. The third-order valence-electron chi connectivity index (χ3n) is 3.50. The van der Waals surface area contributed by atoms with Gasteiger partial charge < -0.3 is 15.0 Å². The predicted octanol–water partition coefficient (Wildman–Crippen LogP) is 4.09. The number of H-pyrrole nitrogens is 1. The van der Waals surface area contributed by atoms with Crippen LogP contribution in [0.4, 0.5) is 5.69 Å². The molecule has 2 aromatic rings. The molecule has 2 N–H and O–H groups in total. The molecule has 1 heterocycles. The van der Waals surface area contributed by atoms with E-state index in [1.54, 1.807) is 0 Å². The predicted molar refractivity (Wildman–Crippen MR) is 86.5 cm³/mol. The number of hydrogen-bond donors (Lipinski definition) is 2. The van der Waals surface area contributed by atoms with Gasteiger partial charge in [0.2, 0.25) is 0 Å². The van der Waals surface area contributed by atoms with Gasteiger partial charge in [0.1, 0.15) is 0 Å². The van der Waals surface area contributed by atoms with Gasteiger partial charge in [-0.2, -0.15) is 0 Å². The van der Waals surface area contributed by atoms with Crippen molar-refractivity contribution in [3.8, 4) is 0 Å². The first kappa shape index (κ1) is 15.4. The molecule has 0 bridgehead atoms. The summed E-state index contributed by atoms with van der Waals surface area (Å²) in [5, 5.41) is 4.67. The summed E-state index contributed by atoms with van der Waals surface area (Å²) in [4.78, 5) is 14.4. The molecule has 0 amide bonds. The SMILES string of the molecule is CCOC(=O)CCCCCCNc1ccc2[nH]ccc2c1. The molecule has 4 heteroatoms. The molecule has 0 radical (unpaired) electrons. The van der Waals surface area contributed by atoms with E-state index in [1.807, 2.05) is 13.1 Å². The fourth-order valence-corrected chi connectivity index (χ4v) is 2.38. The number of anilines is 1. The van der Waals surface area contributed by atoms with Gasteiger partial charge in [0, 0.05) is 35.8 Å². The number of esters is 1. The van der Waals surface area contributed by atoms with Gasteiger partial charge in [-0.1, -0.05) is 12.8 Å². The molecule has 1 aromatic carbocycles. The minimum Gasteiger partial charge on any atom is -0.466 e. The number of rotatable bonds is 9. The van der Waals surface area contributed by atoms with Crippen molar-refractivity contribution < 1.29 is 9.53 Å². The fourth-order valence-electron chi connectivity index (χ4n) is 2.38. The van der Waals surface area contributed by atoms with Gasteiger partial charge in [-0.15, -0.1) is 0 Å². The van der Waals surface area contributed by atoms with Gasteiger partial charge >= 0.3 is 5.97 Å². The zero-order chi connectivity index (χ0) is 14.9. The summed E-state index contributed by atoms with van der Waals surface area (Å²) < 4.78 is 4.90. The summed E-state index contributed by atoms with van der Waals surface area (Å²) in [5.41, 5.74) is 2.33. The van der Waals surface area contributed by atoms with Crippen molar-refractivity contribution in [1.29, 1.82) is 0 Å². The van der Waals surface area contributed by atoms with Crippen LogP contribution >= 0.6 is 0 Å². The Morgan fingerprint density at radius 3 is 2.90 bits per heavy atom. The Morgan fingerprint density at radius 1 is 1.19 bits per heavy atom. The van der Waals surface area contributed by atoms with Crippen molar-refractivity contribution in [2.45, 2.75) is 39.0 Å². The quantitative estimate of drug-likeness (QED) is 0.539. The Bertz CT molecular complexity index is 563. The molecule has 0 fully saturated rings. The molecule has 0 saturated heterocycles. The lowest BCUT2D eigenvalue weighted by Gasteiger charge is -2.06. The third-order valence-corrected chi connectivity index (χ3v) is 3.50. The summed E-state index contributed by atoms with van der Waals surface area (Å²) in [6.45, 7) is 3.29. The molecule has 0 aliphatic heterocycles. The van der Waals surface area contributed by atoms with Crippen molar-refractivity contribution >= 4 is 22.6 Å². The van der Waals surface area contributed by atoms with Gasteiger partial charge in [0.25, 0.3) is 0 Å². The Hall–Kier alpha value is -1.97. The topological polar surface area (TPSA) is 54.1 Å². The summed E-state index contributed by atoms with van der Waals surface area (Å²) in [6.07, 6.45) is 6.77. The standard InChI is InChI=1S/C17H24N2O2/c1-2-21-17(20)7-5-3-4-6-11-18-15-8-9-16-14(13-15)10-12-19-16/h8-10,12-13,18-19H,2-7,11H2,1H3. The number of ether oxygens (including phenoxy) is 1. The van der Waals surface area contributed by atoms with Crippen LogP contribution in [0.1, 0.15) is 39.0 Å². The lowest BCUT2D eigenvalue weighted by molar-refractivity contribution is -0.143. The highest BCUT2D eigenvalue weighted by Crippen LogP contribution is 2.17. The average molecular weight is 288 g/mol. The first-order chi connectivity index (χ1) is 10.3. The second-order valence-electron chi connectivity index (χ2n) is 5.18. The summed E-state index contributed by atoms with van der Waals surface area (Å²) >= 11 is 0. The van der Waals surface area contributed by atoms with Crippen molar-refractivity contribution in [3.05, 3.63) is 30.5 Å². The minimum atomic E-state index is -0.0737. The molecule has 1 aromatic heterocycles. The molecule has 0 atom stereocenters. The number of aromatic amines is 1. The van der Waals surface area contributed by atoms with Crippen LogP contribution in [0.3, 0.4) is 0 Å². The maximum Gasteiger partial charge on any atom is 0.305 e. The number of hydrogen-bond acceptors (Lipinski definition) is 3. The van der Waals surface area contributed by atoms with E-state index >= 15 is 0 Å². The van der Waals surface area contributed by atoms with Crippen LogP contribution in [0.5, 0.6) is 0 Å². The van der Waals surface area contributed by atoms with Gasteiger partial charge in [-0.25, -0.2) is 0 Å². The van der Waals surface area contributed by atoms with Crippen molar-refractivity contribution in [2.75, 3.05) is 18.5 Å². The van der Waals surface area contributed by atoms with Gasteiger partial charge in [-0.05, 0) is 44.0 Å². The second kappa shape index (κ2) is 8.35. The molecular formula is C17H24N2O2. The van der Waals surface area contributed by atoms with Gasteiger partial charge in [0.15, 0.2) is 0 Å². The Balaban J connectivity index is 1.56. The smallest absolute Gasteiger partial charge is 0.305 e. The Labute approximate surface area is 125 Å². The molecule has 114 valence electrons. The highest BCUT2D eigenvalue weighted by Gasteiger charge is 2.01. The van der Waals surface area contributed by atoms with E-state index in [9.17, 15) is 4.79 Å². The average Bonchev–Trinajstić information content (AvgIpc) is 2.94. The molecular weight excluding hydrogens is 264 g/mol. The number of carbonyl (C=O) groups excluding carboxylic acids is 1. The molecule has 0 aliphatic carbocycles. The Morgan fingerprint density at radius 2 is 2.05 bits per heavy atom. The highest BCUT2D eigenvalue weighted by molar-refractivity contribution is 5.82. The first-order valence-corrected chi connectivity index (χ1v) is 7.76. The minimum absolute atomic E-state index is 0.0737. The molecule has 21 heavy (non-hydrogen) atoms. The molecule has 2 rings (SSSR count). The summed E-state index contributed by atoms with van der Waals surface area (Å²) in [6, 6.07) is 8.43. The van der Waals surface area contributed by atoms with E-state index < -0.39 is 0 Å². The van der Waals surface area contributed by atoms with Crippen LogP contribution in [0.2, 0.25) is 0 Å². The van der Waals surface area contributed by atoms with E-state index in [2.05, 4.69) is 34.6 Å². The normalized spacial score (nSPS) is 10.7. The monoisotopic (exact) mass is 288 g/mol. The zero-order valence-corrected chi connectivity index (χ0v) is 12.7. The van der Waals surface area contributed by atoms with Crippen LogP contribution in [0.25, 0.3) is 10.9 Å². The molecule has 0 unspecified atom stereocenters. The lowest BCUT2D eigenvalue weighted by Crippen LogP contribution is -2.04. The van der Waals surface area contributed by atoms with Crippen LogP contribution in [-0.2, 0) is 9.53 Å². The highest BCUT2D eigenvalue weighted by atomic mass is 16.5. The van der Waals surface area contributed by atoms with Crippen LogP contribution in [0, 0.1) is 0 Å². The maximum atomic E-state index is 11.2. The number of carbonyl (C=O) groups is 1. The van der Waals surface area contributed by atoms with Crippen molar-refractivity contribution in [2.24, 2.45) is 0 Å². The van der Waals surface area contributed by atoms with Gasteiger partial charge in [0.05, 0.1) is 6.61 Å². The van der Waals surface area contributed by atoms with Gasteiger partial charge in [-0.3, -0.25) is 4.79 Å². The fraction of sp³-hybridized carbons (Fsp3) is 0.471. The van der Waals surface area contributed by atoms with Crippen LogP contribution in [-0.4, -0.2) is 24.1 Å². The van der Waals surface area contributed by atoms with E-state index in [0.717, 1.165) is 37.9 Å². The van der Waals surface area contributed by atoms with E-state index in [-0.39, 0.29) is 5.97 Å². The largest absolute Gasteiger partial charge is 0.466 e. The third kappa shape index (κ3) is 5.14. The van der Waals surface area contributed by atoms with E-state index in [0.29, 0.717) is 13.0 Å². The number of aromatic nitrogens is 1. The number of unbranched alkanes of at least 4 members (excludes halogenated alkanes) is 3. The number of nitrogens with one attached hydrogen (secondary N) is 2. The second-order valence-corrected chi connectivity index (χ2v) is 5.18. The Kier molecular flexibility index (Phi) is 6.13. The van der Waals surface area contributed by atoms with Crippen molar-refractivity contribution in [1.82, 2.24) is 4.98 Å². The molecule has 0 spiro atoms. The van der Waals surface area contributed by atoms with Crippen molar-refractivity contribution in [3.63, 3.8) is 0 Å². The number of benzene rings is 1. The maximum absolute atomic E-state index is 11.2. The first-order valence-electron chi connectivity index (χ1n) is 7.76. The summed E-state index contributed by atoms with van der Waals surface area (Å²) in [7, 11) is 0. The molecule has 4 nitrogen and oxygen atoms in total. The zero-order valence-electron chi connectivity index (χ0n) is 12.7. The lowest BCUT2D eigenvalue weighted by atomic mass is 10.1.